The highest BCUT2D eigenvalue weighted by atomic mass is 19.1. The third-order valence-electron chi connectivity index (χ3n) is 2.61. The molecule has 0 aromatic heterocycles. The highest BCUT2D eigenvalue weighted by Gasteiger charge is 2.06. The number of aryl methyl sites for hydroxylation is 1. The lowest BCUT2D eigenvalue weighted by Crippen LogP contribution is -1.91. The van der Waals surface area contributed by atoms with Crippen LogP contribution in [0.25, 0.3) is 0 Å². The molecule has 0 spiro atoms. The Morgan fingerprint density at radius 3 is 2.31 bits per heavy atom. The van der Waals surface area contributed by atoms with Crippen molar-refractivity contribution in [2.24, 2.45) is 0 Å². The van der Waals surface area contributed by atoms with Gasteiger partial charge in [0.2, 0.25) is 0 Å². The Hall–Kier alpha value is -1.83. The molecule has 0 amide bonds. The maximum Gasteiger partial charge on any atom is 0.165 e. The number of para-hydroxylation sites is 1. The summed E-state index contributed by atoms with van der Waals surface area (Å²) < 4.78 is 18.9. The molecule has 2 heteroatoms. The van der Waals surface area contributed by atoms with Gasteiger partial charge in [0, 0.05) is 0 Å². The lowest BCUT2D eigenvalue weighted by atomic mass is 10.1. The number of benzene rings is 2. The van der Waals surface area contributed by atoms with E-state index in [9.17, 15) is 4.39 Å². The molecule has 0 aliphatic carbocycles. The summed E-state index contributed by atoms with van der Waals surface area (Å²) in [5.41, 5.74) is 2.17. The van der Waals surface area contributed by atoms with Crippen LogP contribution < -0.4 is 4.74 Å². The zero-order valence-electron chi connectivity index (χ0n) is 9.33. The van der Waals surface area contributed by atoms with Crippen LogP contribution in [-0.4, -0.2) is 0 Å². The van der Waals surface area contributed by atoms with Crippen molar-refractivity contribution >= 4 is 0 Å². The van der Waals surface area contributed by atoms with Crippen LogP contribution in [0.1, 0.15) is 11.1 Å². The molecular weight excluding hydrogens is 203 g/mol. The Morgan fingerprint density at radius 1 is 0.875 bits per heavy atom. The van der Waals surface area contributed by atoms with Crippen LogP contribution in [0, 0.1) is 19.7 Å². The van der Waals surface area contributed by atoms with Crippen LogP contribution in [0.2, 0.25) is 0 Å². The minimum absolute atomic E-state index is 0.260. The van der Waals surface area contributed by atoms with Crippen molar-refractivity contribution in [2.45, 2.75) is 13.8 Å². The van der Waals surface area contributed by atoms with E-state index in [4.69, 9.17) is 4.74 Å². The van der Waals surface area contributed by atoms with Crippen molar-refractivity contribution in [3.05, 3.63) is 59.4 Å². The van der Waals surface area contributed by atoms with Crippen molar-refractivity contribution in [1.29, 1.82) is 0 Å². The summed E-state index contributed by atoms with van der Waals surface area (Å²) in [6, 6.07) is 12.2. The zero-order valence-corrected chi connectivity index (χ0v) is 9.33. The maximum atomic E-state index is 13.4. The van der Waals surface area contributed by atoms with Gasteiger partial charge in [0.05, 0.1) is 0 Å². The molecule has 2 aromatic rings. The van der Waals surface area contributed by atoms with Crippen LogP contribution in [-0.2, 0) is 0 Å². The van der Waals surface area contributed by atoms with Crippen LogP contribution in [0.5, 0.6) is 11.5 Å². The number of halogens is 1. The molecule has 0 atom stereocenters. The van der Waals surface area contributed by atoms with Gasteiger partial charge in [-0.05, 0) is 43.2 Å². The molecule has 0 saturated heterocycles. The van der Waals surface area contributed by atoms with E-state index < -0.39 is 0 Å². The molecule has 2 aromatic carbocycles. The molecule has 1 nitrogen and oxygen atoms in total. The zero-order chi connectivity index (χ0) is 11.5. The first-order valence-electron chi connectivity index (χ1n) is 5.17. The summed E-state index contributed by atoms with van der Waals surface area (Å²) in [6.07, 6.45) is 0. The quantitative estimate of drug-likeness (QED) is 0.729. The highest BCUT2D eigenvalue weighted by molar-refractivity contribution is 5.41. The van der Waals surface area contributed by atoms with Gasteiger partial charge in [-0.3, -0.25) is 0 Å². The van der Waals surface area contributed by atoms with E-state index in [1.165, 1.54) is 6.07 Å². The largest absolute Gasteiger partial charge is 0.454 e. The molecule has 0 aliphatic rings. The molecule has 0 N–H and O–H groups in total. The molecule has 0 fully saturated rings. The van der Waals surface area contributed by atoms with Crippen LogP contribution in [0.15, 0.2) is 42.5 Å². The second-order valence-electron chi connectivity index (χ2n) is 3.73. The third-order valence-corrected chi connectivity index (χ3v) is 2.61. The fraction of sp³-hybridized carbons (Fsp3) is 0.143. The van der Waals surface area contributed by atoms with Crippen LogP contribution in [0.3, 0.4) is 0 Å². The van der Waals surface area contributed by atoms with E-state index in [0.717, 1.165) is 11.1 Å². The second kappa shape index (κ2) is 4.35. The number of rotatable bonds is 2. The molecule has 0 saturated carbocycles. The van der Waals surface area contributed by atoms with Gasteiger partial charge in [0.25, 0.3) is 0 Å². The van der Waals surface area contributed by atoms with Gasteiger partial charge in [-0.15, -0.1) is 0 Å². The van der Waals surface area contributed by atoms with E-state index in [1.807, 2.05) is 32.0 Å². The minimum atomic E-state index is -0.344. The predicted octanol–water partition coefficient (Wildman–Crippen LogP) is 4.23. The summed E-state index contributed by atoms with van der Waals surface area (Å²) >= 11 is 0. The van der Waals surface area contributed by atoms with E-state index in [0.29, 0.717) is 5.75 Å². The summed E-state index contributed by atoms with van der Waals surface area (Å²) in [5, 5.41) is 0. The predicted molar refractivity (Wildman–Crippen MR) is 62.4 cm³/mol. The minimum Gasteiger partial charge on any atom is -0.454 e. The average molecular weight is 216 g/mol. The topological polar surface area (TPSA) is 9.23 Å². The smallest absolute Gasteiger partial charge is 0.165 e. The first-order chi connectivity index (χ1) is 7.68. The summed E-state index contributed by atoms with van der Waals surface area (Å²) in [7, 11) is 0. The van der Waals surface area contributed by atoms with Gasteiger partial charge in [-0.2, -0.15) is 0 Å². The fourth-order valence-corrected chi connectivity index (χ4v) is 1.48. The number of hydrogen-bond donors (Lipinski definition) is 0. The van der Waals surface area contributed by atoms with E-state index in [1.54, 1.807) is 18.2 Å². The van der Waals surface area contributed by atoms with Crippen molar-refractivity contribution in [1.82, 2.24) is 0 Å². The molecule has 0 unspecified atom stereocenters. The van der Waals surface area contributed by atoms with E-state index in [-0.39, 0.29) is 11.6 Å². The maximum absolute atomic E-state index is 13.4. The number of hydrogen-bond acceptors (Lipinski definition) is 1. The Morgan fingerprint density at radius 2 is 1.56 bits per heavy atom. The van der Waals surface area contributed by atoms with E-state index in [2.05, 4.69) is 0 Å². The highest BCUT2D eigenvalue weighted by Crippen LogP contribution is 2.28. The Kier molecular flexibility index (Phi) is 2.91. The average Bonchev–Trinajstić information content (AvgIpc) is 2.28. The summed E-state index contributed by atoms with van der Waals surface area (Å²) in [5.74, 6) is 0.615. The summed E-state index contributed by atoms with van der Waals surface area (Å²) in [4.78, 5) is 0. The van der Waals surface area contributed by atoms with Crippen molar-refractivity contribution in [2.75, 3.05) is 0 Å². The Bertz CT molecular complexity index is 506. The second-order valence-corrected chi connectivity index (χ2v) is 3.73. The standard InChI is InChI=1S/C14H13FO/c1-10-6-5-9-13(11(10)2)16-14-8-4-3-7-12(14)15/h3-9H,1-2H3. The van der Waals surface area contributed by atoms with Gasteiger partial charge in [0.15, 0.2) is 11.6 Å². The third kappa shape index (κ3) is 2.06. The number of ether oxygens (including phenoxy) is 1. The summed E-state index contributed by atoms with van der Waals surface area (Å²) in [6.45, 7) is 3.97. The van der Waals surface area contributed by atoms with Gasteiger partial charge in [-0.1, -0.05) is 24.3 Å². The molecule has 0 radical (unpaired) electrons. The molecular formula is C14H13FO. The molecule has 0 aliphatic heterocycles. The molecule has 16 heavy (non-hydrogen) atoms. The first-order valence-corrected chi connectivity index (χ1v) is 5.17. The van der Waals surface area contributed by atoms with Gasteiger partial charge in [-0.25, -0.2) is 4.39 Å². The first kappa shape index (κ1) is 10.7. The lowest BCUT2D eigenvalue weighted by molar-refractivity contribution is 0.439. The fourth-order valence-electron chi connectivity index (χ4n) is 1.48. The molecule has 0 heterocycles. The normalized spacial score (nSPS) is 10.2. The van der Waals surface area contributed by atoms with Crippen molar-refractivity contribution in [3.8, 4) is 11.5 Å². The van der Waals surface area contributed by atoms with Gasteiger partial charge in [0.1, 0.15) is 5.75 Å². The van der Waals surface area contributed by atoms with Gasteiger partial charge >= 0.3 is 0 Å². The monoisotopic (exact) mass is 216 g/mol. The Balaban J connectivity index is 2.35. The Labute approximate surface area is 94.5 Å². The van der Waals surface area contributed by atoms with Crippen LogP contribution in [0.4, 0.5) is 4.39 Å². The lowest BCUT2D eigenvalue weighted by Gasteiger charge is -2.10. The molecule has 82 valence electrons. The van der Waals surface area contributed by atoms with Crippen molar-refractivity contribution in [3.63, 3.8) is 0 Å². The van der Waals surface area contributed by atoms with Gasteiger partial charge < -0.3 is 4.74 Å². The molecule has 0 bridgehead atoms. The molecule has 2 rings (SSSR count). The SMILES string of the molecule is Cc1cccc(Oc2ccccc2F)c1C. The van der Waals surface area contributed by atoms with Crippen LogP contribution >= 0.6 is 0 Å². The van der Waals surface area contributed by atoms with Crippen molar-refractivity contribution < 1.29 is 9.13 Å². The van der Waals surface area contributed by atoms with E-state index >= 15 is 0 Å².